The van der Waals surface area contributed by atoms with Crippen LogP contribution in [0.25, 0.3) is 0 Å². The predicted octanol–water partition coefficient (Wildman–Crippen LogP) is 2.20. The molecule has 0 aromatic heterocycles. The Balaban J connectivity index is 0. The molecule has 0 spiro atoms. The van der Waals surface area contributed by atoms with Gasteiger partial charge in [-0.1, -0.05) is 20.8 Å². The summed E-state index contributed by atoms with van der Waals surface area (Å²) in [6.45, 7) is 13.3. The first-order chi connectivity index (χ1) is 6.99. The molecule has 0 saturated carbocycles. The Morgan fingerprint density at radius 1 is 1.27 bits per heavy atom. The third-order valence-corrected chi connectivity index (χ3v) is 1.99. The average Bonchev–Trinajstić information content (AvgIpc) is 2.19. The van der Waals surface area contributed by atoms with Crippen molar-refractivity contribution in [1.29, 1.82) is 0 Å². The van der Waals surface area contributed by atoms with E-state index in [0.717, 1.165) is 26.0 Å². The molecular formula is C12H27NO2. The highest BCUT2D eigenvalue weighted by molar-refractivity contribution is 5.51. The Morgan fingerprint density at radius 3 is 1.93 bits per heavy atom. The van der Waals surface area contributed by atoms with E-state index in [4.69, 9.17) is 4.74 Å². The number of nitrogens with zero attached hydrogens (tertiary/aromatic N) is 1. The molecule has 0 aromatic rings. The van der Waals surface area contributed by atoms with E-state index in [-0.39, 0.29) is 5.92 Å². The monoisotopic (exact) mass is 217 g/mol. The molecule has 0 radical (unpaired) electrons. The standard InChI is InChI=1S/C8H19NO.C4H8O/c1-5-9(8(2)3)6-7-10-4;1-4(2)3-5/h8H,5-7H2,1-4H3;3-4H,1-2H3. The molecule has 0 saturated heterocycles. The summed E-state index contributed by atoms with van der Waals surface area (Å²) in [6.07, 6.45) is 0.917. The van der Waals surface area contributed by atoms with Gasteiger partial charge in [0.2, 0.25) is 0 Å². The molecule has 0 unspecified atom stereocenters. The zero-order chi connectivity index (χ0) is 12.3. The van der Waals surface area contributed by atoms with E-state index in [1.54, 1.807) is 7.11 Å². The van der Waals surface area contributed by atoms with Crippen molar-refractivity contribution in [3.8, 4) is 0 Å². The van der Waals surface area contributed by atoms with Gasteiger partial charge in [-0.25, -0.2) is 0 Å². The van der Waals surface area contributed by atoms with Crippen molar-refractivity contribution in [3.05, 3.63) is 0 Å². The maximum Gasteiger partial charge on any atom is 0.122 e. The van der Waals surface area contributed by atoms with Crippen LogP contribution in [0.4, 0.5) is 0 Å². The molecule has 0 aliphatic rings. The van der Waals surface area contributed by atoms with Crippen LogP contribution in [-0.2, 0) is 9.53 Å². The molecule has 0 fully saturated rings. The Kier molecular flexibility index (Phi) is 13.2. The second-order valence-electron chi connectivity index (χ2n) is 4.10. The lowest BCUT2D eigenvalue weighted by Gasteiger charge is -2.23. The van der Waals surface area contributed by atoms with Gasteiger partial charge in [0.1, 0.15) is 6.29 Å². The highest BCUT2D eigenvalue weighted by atomic mass is 16.5. The number of carbonyl (C=O) groups excluding carboxylic acids is 1. The molecule has 0 aliphatic carbocycles. The normalized spacial score (nSPS) is 10.5. The van der Waals surface area contributed by atoms with Crippen molar-refractivity contribution in [2.24, 2.45) is 5.92 Å². The highest BCUT2D eigenvalue weighted by Gasteiger charge is 2.04. The average molecular weight is 217 g/mol. The lowest BCUT2D eigenvalue weighted by Crippen LogP contribution is -2.33. The Morgan fingerprint density at radius 2 is 1.73 bits per heavy atom. The summed E-state index contributed by atoms with van der Waals surface area (Å²) < 4.78 is 4.98. The van der Waals surface area contributed by atoms with Crippen LogP contribution < -0.4 is 0 Å². The van der Waals surface area contributed by atoms with Crippen molar-refractivity contribution >= 4 is 6.29 Å². The Bertz CT molecular complexity index is 136. The van der Waals surface area contributed by atoms with Crippen molar-refractivity contribution < 1.29 is 9.53 Å². The van der Waals surface area contributed by atoms with E-state index >= 15 is 0 Å². The first kappa shape index (κ1) is 17.0. The number of rotatable bonds is 6. The van der Waals surface area contributed by atoms with Gasteiger partial charge < -0.3 is 9.53 Å². The molecule has 0 heterocycles. The summed E-state index contributed by atoms with van der Waals surface area (Å²) >= 11 is 0. The van der Waals surface area contributed by atoms with E-state index in [9.17, 15) is 4.79 Å². The van der Waals surface area contributed by atoms with E-state index in [2.05, 4.69) is 25.7 Å². The smallest absolute Gasteiger partial charge is 0.122 e. The van der Waals surface area contributed by atoms with E-state index in [1.807, 2.05) is 13.8 Å². The molecule has 3 nitrogen and oxygen atoms in total. The quantitative estimate of drug-likeness (QED) is 0.639. The van der Waals surface area contributed by atoms with Crippen LogP contribution in [0.15, 0.2) is 0 Å². The van der Waals surface area contributed by atoms with E-state index in [1.165, 1.54) is 0 Å². The number of carbonyl (C=O) groups is 1. The fourth-order valence-electron chi connectivity index (χ4n) is 0.990. The number of ether oxygens (including phenoxy) is 1. The second-order valence-corrected chi connectivity index (χ2v) is 4.10. The number of methoxy groups -OCH3 is 1. The molecule has 0 aliphatic heterocycles. The fourth-order valence-corrected chi connectivity index (χ4v) is 0.990. The summed E-state index contributed by atoms with van der Waals surface area (Å²) in [7, 11) is 1.74. The summed E-state index contributed by atoms with van der Waals surface area (Å²) in [5.74, 6) is 0.204. The molecular weight excluding hydrogens is 190 g/mol. The minimum Gasteiger partial charge on any atom is -0.383 e. The molecule has 92 valence electrons. The van der Waals surface area contributed by atoms with Gasteiger partial charge in [0.25, 0.3) is 0 Å². The molecule has 0 amide bonds. The van der Waals surface area contributed by atoms with Gasteiger partial charge >= 0.3 is 0 Å². The summed E-state index contributed by atoms with van der Waals surface area (Å²) in [6, 6.07) is 0.639. The van der Waals surface area contributed by atoms with E-state index < -0.39 is 0 Å². The maximum atomic E-state index is 9.50. The number of likely N-dealkylation sites (N-methyl/N-ethyl adjacent to an activating group) is 1. The van der Waals surface area contributed by atoms with E-state index in [0.29, 0.717) is 6.04 Å². The highest BCUT2D eigenvalue weighted by Crippen LogP contribution is 1.95. The molecule has 0 bridgehead atoms. The van der Waals surface area contributed by atoms with Crippen molar-refractivity contribution in [2.75, 3.05) is 26.8 Å². The third kappa shape index (κ3) is 13.6. The van der Waals surface area contributed by atoms with Gasteiger partial charge in [-0.2, -0.15) is 0 Å². The Labute approximate surface area is 94.8 Å². The third-order valence-electron chi connectivity index (χ3n) is 1.99. The van der Waals surface area contributed by atoms with Crippen LogP contribution in [0, 0.1) is 5.92 Å². The van der Waals surface area contributed by atoms with Gasteiger partial charge in [0.05, 0.1) is 6.61 Å². The predicted molar refractivity (Wildman–Crippen MR) is 65.2 cm³/mol. The van der Waals surface area contributed by atoms with Crippen LogP contribution in [0.3, 0.4) is 0 Å². The summed E-state index contributed by atoms with van der Waals surface area (Å²) in [4.78, 5) is 11.9. The first-order valence-electron chi connectivity index (χ1n) is 5.67. The second kappa shape index (κ2) is 11.7. The minimum atomic E-state index is 0.204. The van der Waals surface area contributed by atoms with Crippen LogP contribution >= 0.6 is 0 Å². The molecule has 0 rings (SSSR count). The maximum absolute atomic E-state index is 9.50. The number of hydrogen-bond donors (Lipinski definition) is 0. The lowest BCUT2D eigenvalue weighted by molar-refractivity contribution is -0.110. The van der Waals surface area contributed by atoms with Gasteiger partial charge in [-0.15, -0.1) is 0 Å². The largest absolute Gasteiger partial charge is 0.383 e. The summed E-state index contributed by atoms with van der Waals surface area (Å²) in [5, 5.41) is 0. The molecule has 0 aromatic carbocycles. The first-order valence-corrected chi connectivity index (χ1v) is 5.67. The van der Waals surface area contributed by atoms with Crippen LogP contribution in [0.5, 0.6) is 0 Å². The molecule has 0 N–H and O–H groups in total. The van der Waals surface area contributed by atoms with Crippen LogP contribution in [0.2, 0.25) is 0 Å². The zero-order valence-corrected chi connectivity index (χ0v) is 11.1. The van der Waals surface area contributed by atoms with Gasteiger partial charge in [-0.05, 0) is 20.4 Å². The lowest BCUT2D eigenvalue weighted by atomic mass is 10.3. The van der Waals surface area contributed by atoms with Gasteiger partial charge in [0.15, 0.2) is 0 Å². The molecule has 15 heavy (non-hydrogen) atoms. The van der Waals surface area contributed by atoms with Crippen molar-refractivity contribution in [1.82, 2.24) is 4.90 Å². The fraction of sp³-hybridized carbons (Fsp3) is 0.917. The van der Waals surface area contributed by atoms with Crippen molar-refractivity contribution in [3.63, 3.8) is 0 Å². The zero-order valence-electron chi connectivity index (χ0n) is 11.1. The summed E-state index contributed by atoms with van der Waals surface area (Å²) in [5.41, 5.74) is 0. The minimum absolute atomic E-state index is 0.204. The SMILES string of the molecule is CC(C)C=O.CCN(CCOC)C(C)C. The Hall–Kier alpha value is -0.410. The van der Waals surface area contributed by atoms with Gasteiger partial charge in [0, 0.05) is 25.6 Å². The number of aldehydes is 1. The topological polar surface area (TPSA) is 29.5 Å². The number of hydrogen-bond acceptors (Lipinski definition) is 3. The van der Waals surface area contributed by atoms with Crippen LogP contribution in [0.1, 0.15) is 34.6 Å². The van der Waals surface area contributed by atoms with Crippen molar-refractivity contribution in [2.45, 2.75) is 40.7 Å². The molecule has 0 atom stereocenters. The van der Waals surface area contributed by atoms with Crippen LogP contribution in [-0.4, -0.2) is 44.0 Å². The van der Waals surface area contributed by atoms with Gasteiger partial charge in [-0.3, -0.25) is 4.90 Å². The molecule has 3 heteroatoms.